The summed E-state index contributed by atoms with van der Waals surface area (Å²) >= 11 is 1.35. The maximum Gasteiger partial charge on any atom is 0.244 e. The number of hydrogen-bond acceptors (Lipinski definition) is 5. The summed E-state index contributed by atoms with van der Waals surface area (Å²) in [6.07, 6.45) is 3.82. The van der Waals surface area contributed by atoms with Crippen molar-refractivity contribution in [2.45, 2.75) is 19.4 Å². The number of benzene rings is 2. The average Bonchev–Trinajstić information content (AvgIpc) is 3.38. The predicted octanol–water partition coefficient (Wildman–Crippen LogP) is 3.96. The third kappa shape index (κ3) is 4.58. The standard InChI is InChI=1S/C23H21N3O3S/c1-16(27)26(19-8-3-2-4-9-19)23-25-18(15-30-23)11-12-22(28)24-14-20-13-17-7-5-6-10-21(17)29-20/h2-12,15,20H,13-14H2,1H3,(H,24,28). The van der Waals surface area contributed by atoms with E-state index in [0.29, 0.717) is 17.4 Å². The van der Waals surface area contributed by atoms with Gasteiger partial charge in [0.25, 0.3) is 0 Å². The molecule has 0 bridgehead atoms. The Morgan fingerprint density at radius 2 is 1.97 bits per heavy atom. The largest absolute Gasteiger partial charge is 0.488 e. The van der Waals surface area contributed by atoms with E-state index in [4.69, 9.17) is 4.74 Å². The van der Waals surface area contributed by atoms with Gasteiger partial charge in [0.05, 0.1) is 17.9 Å². The van der Waals surface area contributed by atoms with Crippen LogP contribution in [0, 0.1) is 0 Å². The first-order valence-corrected chi connectivity index (χ1v) is 10.5. The number of nitrogens with one attached hydrogen (secondary N) is 1. The smallest absolute Gasteiger partial charge is 0.244 e. The van der Waals surface area contributed by atoms with E-state index >= 15 is 0 Å². The fourth-order valence-electron chi connectivity index (χ4n) is 3.26. The molecule has 1 unspecified atom stereocenters. The highest BCUT2D eigenvalue weighted by Crippen LogP contribution is 2.29. The second-order valence-electron chi connectivity index (χ2n) is 6.88. The second-order valence-corrected chi connectivity index (χ2v) is 7.71. The Labute approximate surface area is 178 Å². The summed E-state index contributed by atoms with van der Waals surface area (Å²) in [5.74, 6) is 0.549. The van der Waals surface area contributed by atoms with E-state index in [1.165, 1.54) is 24.3 Å². The van der Waals surface area contributed by atoms with Gasteiger partial charge in [0.15, 0.2) is 5.13 Å². The Kier molecular flexibility index (Phi) is 5.90. The van der Waals surface area contributed by atoms with Crippen LogP contribution in [0.5, 0.6) is 5.75 Å². The van der Waals surface area contributed by atoms with Crippen molar-refractivity contribution >= 4 is 40.0 Å². The molecule has 0 spiro atoms. The normalized spacial score (nSPS) is 14.9. The van der Waals surface area contributed by atoms with Crippen LogP contribution in [0.3, 0.4) is 0 Å². The van der Waals surface area contributed by atoms with Crippen molar-refractivity contribution in [1.82, 2.24) is 10.3 Å². The number of aromatic nitrogens is 1. The van der Waals surface area contributed by atoms with Crippen LogP contribution < -0.4 is 15.0 Å². The molecule has 1 N–H and O–H groups in total. The number of anilines is 2. The lowest BCUT2D eigenvalue weighted by Gasteiger charge is -2.17. The van der Waals surface area contributed by atoms with Crippen molar-refractivity contribution in [1.29, 1.82) is 0 Å². The van der Waals surface area contributed by atoms with Crippen LogP contribution in [0.1, 0.15) is 18.2 Å². The highest BCUT2D eigenvalue weighted by molar-refractivity contribution is 7.14. The number of para-hydroxylation sites is 2. The van der Waals surface area contributed by atoms with Gasteiger partial charge in [-0.15, -0.1) is 11.3 Å². The zero-order valence-corrected chi connectivity index (χ0v) is 17.3. The summed E-state index contributed by atoms with van der Waals surface area (Å²) in [7, 11) is 0. The van der Waals surface area contributed by atoms with Crippen molar-refractivity contribution in [2.75, 3.05) is 11.4 Å². The molecule has 2 aromatic carbocycles. The van der Waals surface area contributed by atoms with Gasteiger partial charge in [-0.1, -0.05) is 36.4 Å². The number of rotatable bonds is 6. The van der Waals surface area contributed by atoms with E-state index in [0.717, 1.165) is 23.4 Å². The molecule has 0 saturated heterocycles. The van der Waals surface area contributed by atoms with Crippen LogP contribution in [-0.2, 0) is 16.0 Å². The lowest BCUT2D eigenvalue weighted by atomic mass is 10.1. The molecule has 1 aliphatic heterocycles. The Balaban J connectivity index is 1.34. The van der Waals surface area contributed by atoms with Crippen molar-refractivity contribution in [3.8, 4) is 5.75 Å². The molecule has 1 aromatic heterocycles. The summed E-state index contributed by atoms with van der Waals surface area (Å²) in [5.41, 5.74) is 2.54. The Morgan fingerprint density at radius 1 is 1.20 bits per heavy atom. The van der Waals surface area contributed by atoms with Gasteiger partial charge in [-0.2, -0.15) is 0 Å². The fourth-order valence-corrected chi connectivity index (χ4v) is 4.12. The van der Waals surface area contributed by atoms with Crippen LogP contribution in [-0.4, -0.2) is 29.4 Å². The zero-order valence-electron chi connectivity index (χ0n) is 16.4. The summed E-state index contributed by atoms with van der Waals surface area (Å²) < 4.78 is 5.83. The molecule has 0 saturated carbocycles. The molecular formula is C23H21N3O3S. The molecule has 0 radical (unpaired) electrons. The molecule has 0 fully saturated rings. The second kappa shape index (κ2) is 8.92. The first kappa shape index (κ1) is 19.8. The quantitative estimate of drug-likeness (QED) is 0.614. The first-order chi connectivity index (χ1) is 14.6. The Hall–Kier alpha value is -3.45. The summed E-state index contributed by atoms with van der Waals surface area (Å²) in [6, 6.07) is 17.3. The molecule has 1 atom stereocenters. The SMILES string of the molecule is CC(=O)N(c1ccccc1)c1nc(C=CC(=O)NCC2Cc3ccccc3O2)cs1. The van der Waals surface area contributed by atoms with E-state index in [2.05, 4.69) is 10.3 Å². The number of nitrogens with zero attached hydrogens (tertiary/aromatic N) is 2. The molecular weight excluding hydrogens is 398 g/mol. The van der Waals surface area contributed by atoms with Crippen LogP contribution in [0.15, 0.2) is 66.1 Å². The van der Waals surface area contributed by atoms with E-state index in [1.54, 1.807) is 11.0 Å². The number of carbonyl (C=O) groups excluding carboxylic acids is 2. The van der Waals surface area contributed by atoms with Crippen molar-refractivity contribution < 1.29 is 14.3 Å². The van der Waals surface area contributed by atoms with Crippen LogP contribution in [0.2, 0.25) is 0 Å². The Bertz CT molecular complexity index is 1050. The third-order valence-electron chi connectivity index (χ3n) is 4.65. The van der Waals surface area contributed by atoms with Crippen LogP contribution in [0.25, 0.3) is 6.08 Å². The van der Waals surface area contributed by atoms with Gasteiger partial charge in [0.2, 0.25) is 11.8 Å². The molecule has 1 aliphatic rings. The van der Waals surface area contributed by atoms with Gasteiger partial charge >= 0.3 is 0 Å². The maximum absolute atomic E-state index is 12.2. The van der Waals surface area contributed by atoms with E-state index in [9.17, 15) is 9.59 Å². The highest BCUT2D eigenvalue weighted by atomic mass is 32.1. The van der Waals surface area contributed by atoms with Crippen molar-refractivity contribution in [3.63, 3.8) is 0 Å². The lowest BCUT2D eigenvalue weighted by molar-refractivity contribution is -0.117. The third-order valence-corrected chi connectivity index (χ3v) is 5.50. The van der Waals surface area contributed by atoms with Crippen LogP contribution in [0.4, 0.5) is 10.8 Å². The lowest BCUT2D eigenvalue weighted by Crippen LogP contribution is -2.33. The van der Waals surface area contributed by atoms with Gasteiger partial charge in [-0.3, -0.25) is 14.5 Å². The first-order valence-electron chi connectivity index (χ1n) is 9.62. The minimum Gasteiger partial charge on any atom is -0.488 e. The molecule has 30 heavy (non-hydrogen) atoms. The summed E-state index contributed by atoms with van der Waals surface area (Å²) in [5, 5.41) is 5.24. The van der Waals surface area contributed by atoms with E-state index in [1.807, 2.05) is 60.0 Å². The molecule has 152 valence electrons. The number of fused-ring (bicyclic) bond motifs is 1. The van der Waals surface area contributed by atoms with Gasteiger partial charge < -0.3 is 10.1 Å². The minimum absolute atomic E-state index is 0.0550. The molecule has 3 aromatic rings. The predicted molar refractivity (Wildman–Crippen MR) is 118 cm³/mol. The summed E-state index contributed by atoms with van der Waals surface area (Å²) in [4.78, 5) is 30.3. The number of amides is 2. The average molecular weight is 420 g/mol. The number of carbonyl (C=O) groups is 2. The molecule has 2 heterocycles. The van der Waals surface area contributed by atoms with Crippen LogP contribution >= 0.6 is 11.3 Å². The molecule has 2 amide bonds. The van der Waals surface area contributed by atoms with E-state index in [-0.39, 0.29) is 17.9 Å². The molecule has 4 rings (SSSR count). The zero-order chi connectivity index (χ0) is 20.9. The van der Waals surface area contributed by atoms with Gasteiger partial charge in [0, 0.05) is 24.8 Å². The maximum atomic E-state index is 12.2. The molecule has 0 aliphatic carbocycles. The topological polar surface area (TPSA) is 71.5 Å². The molecule has 6 nitrogen and oxygen atoms in total. The number of ether oxygens (including phenoxy) is 1. The van der Waals surface area contributed by atoms with E-state index < -0.39 is 0 Å². The van der Waals surface area contributed by atoms with Gasteiger partial charge in [-0.25, -0.2) is 4.98 Å². The molecule has 7 heteroatoms. The fraction of sp³-hybridized carbons (Fsp3) is 0.174. The number of hydrogen-bond donors (Lipinski definition) is 1. The minimum atomic E-state index is -0.212. The monoisotopic (exact) mass is 419 g/mol. The van der Waals surface area contributed by atoms with Crippen molar-refractivity contribution in [3.05, 3.63) is 77.3 Å². The number of thiazole rings is 1. The Morgan fingerprint density at radius 3 is 2.73 bits per heavy atom. The summed E-state index contributed by atoms with van der Waals surface area (Å²) in [6.45, 7) is 1.94. The van der Waals surface area contributed by atoms with Gasteiger partial charge in [0.1, 0.15) is 11.9 Å². The highest BCUT2D eigenvalue weighted by Gasteiger charge is 2.22. The van der Waals surface area contributed by atoms with Crippen molar-refractivity contribution in [2.24, 2.45) is 0 Å². The van der Waals surface area contributed by atoms with Gasteiger partial charge in [-0.05, 0) is 29.8 Å².